The Morgan fingerprint density at radius 3 is 2.76 bits per heavy atom. The fourth-order valence-corrected chi connectivity index (χ4v) is 2.67. The first-order valence-corrected chi connectivity index (χ1v) is 7.72. The van der Waals surface area contributed by atoms with Gasteiger partial charge in [-0.25, -0.2) is 4.79 Å². The molecular formula is C14H25N3O4. The smallest absolute Gasteiger partial charge is 0.409 e. The van der Waals surface area contributed by atoms with E-state index in [-0.39, 0.29) is 24.1 Å². The van der Waals surface area contributed by atoms with Gasteiger partial charge in [0, 0.05) is 32.2 Å². The van der Waals surface area contributed by atoms with Crippen LogP contribution in [0.15, 0.2) is 0 Å². The molecule has 2 N–H and O–H groups in total. The monoisotopic (exact) mass is 299 g/mol. The van der Waals surface area contributed by atoms with E-state index in [0.717, 1.165) is 25.9 Å². The summed E-state index contributed by atoms with van der Waals surface area (Å²) in [5.41, 5.74) is 0. The van der Waals surface area contributed by atoms with Gasteiger partial charge in [0.25, 0.3) is 0 Å². The van der Waals surface area contributed by atoms with Gasteiger partial charge in [0.2, 0.25) is 5.91 Å². The Kier molecular flexibility index (Phi) is 6.25. The third-order valence-electron chi connectivity index (χ3n) is 3.80. The van der Waals surface area contributed by atoms with Crippen molar-refractivity contribution in [2.24, 2.45) is 0 Å². The Balaban J connectivity index is 1.65. The summed E-state index contributed by atoms with van der Waals surface area (Å²) in [4.78, 5) is 25.3. The van der Waals surface area contributed by atoms with Crippen LogP contribution in [0.4, 0.5) is 4.79 Å². The van der Waals surface area contributed by atoms with Crippen molar-refractivity contribution in [1.29, 1.82) is 0 Å². The van der Waals surface area contributed by atoms with Gasteiger partial charge >= 0.3 is 6.09 Å². The van der Waals surface area contributed by atoms with Crippen molar-refractivity contribution < 1.29 is 19.1 Å². The molecule has 7 nitrogen and oxygen atoms in total. The number of rotatable bonds is 4. The Morgan fingerprint density at radius 1 is 1.38 bits per heavy atom. The second-order valence-electron chi connectivity index (χ2n) is 5.43. The summed E-state index contributed by atoms with van der Waals surface area (Å²) in [6.45, 7) is 5.70. The lowest BCUT2D eigenvalue weighted by Crippen LogP contribution is -2.48. The molecule has 0 aromatic rings. The molecule has 0 bridgehead atoms. The van der Waals surface area contributed by atoms with Gasteiger partial charge in [-0.1, -0.05) is 0 Å². The molecule has 7 heteroatoms. The first-order valence-electron chi connectivity index (χ1n) is 7.72. The fraction of sp³-hybridized carbons (Fsp3) is 0.857. The van der Waals surface area contributed by atoms with E-state index >= 15 is 0 Å². The van der Waals surface area contributed by atoms with Gasteiger partial charge < -0.3 is 25.0 Å². The summed E-state index contributed by atoms with van der Waals surface area (Å²) < 4.78 is 10.5. The standard InChI is InChI=1S/C14H25N3O4/c1-2-20-14(19)17-6-3-11(4-7-17)16-13(18)9-12-10-15-5-8-21-12/h11-12,15H,2-10H2,1H3,(H,16,18). The number of morpholine rings is 1. The topological polar surface area (TPSA) is 79.9 Å². The molecule has 0 aliphatic carbocycles. The number of piperidine rings is 1. The number of ether oxygens (including phenoxy) is 2. The molecule has 2 heterocycles. The average molecular weight is 299 g/mol. The summed E-state index contributed by atoms with van der Waals surface area (Å²) in [6.07, 6.45) is 1.65. The van der Waals surface area contributed by atoms with Gasteiger partial charge in [0.1, 0.15) is 0 Å². The molecule has 120 valence electrons. The molecule has 21 heavy (non-hydrogen) atoms. The number of likely N-dealkylation sites (tertiary alicyclic amines) is 1. The first-order chi connectivity index (χ1) is 10.2. The van der Waals surface area contributed by atoms with Gasteiger partial charge in [0.15, 0.2) is 0 Å². The van der Waals surface area contributed by atoms with Gasteiger partial charge in [0.05, 0.1) is 25.7 Å². The zero-order valence-corrected chi connectivity index (χ0v) is 12.6. The van der Waals surface area contributed by atoms with Gasteiger partial charge in [-0.05, 0) is 19.8 Å². The minimum absolute atomic E-state index is 0.0262. The van der Waals surface area contributed by atoms with E-state index in [2.05, 4.69) is 10.6 Å². The van der Waals surface area contributed by atoms with Crippen molar-refractivity contribution in [3.63, 3.8) is 0 Å². The molecule has 2 saturated heterocycles. The highest BCUT2D eigenvalue weighted by molar-refractivity contribution is 5.77. The van der Waals surface area contributed by atoms with Crippen LogP contribution in [0, 0.1) is 0 Å². The maximum absolute atomic E-state index is 12.0. The van der Waals surface area contributed by atoms with Crippen LogP contribution in [0.25, 0.3) is 0 Å². The molecule has 0 saturated carbocycles. The number of hydrogen-bond donors (Lipinski definition) is 2. The van der Waals surface area contributed by atoms with Gasteiger partial charge in [-0.2, -0.15) is 0 Å². The second kappa shape index (κ2) is 8.19. The summed E-state index contributed by atoms with van der Waals surface area (Å²) in [6, 6.07) is 0.139. The van der Waals surface area contributed by atoms with Crippen molar-refractivity contribution in [2.45, 2.75) is 38.3 Å². The number of carbonyl (C=O) groups excluding carboxylic acids is 2. The lowest BCUT2D eigenvalue weighted by molar-refractivity contribution is -0.125. The summed E-state index contributed by atoms with van der Waals surface area (Å²) in [7, 11) is 0. The molecule has 2 amide bonds. The summed E-state index contributed by atoms with van der Waals surface area (Å²) in [5, 5.41) is 6.24. The zero-order chi connectivity index (χ0) is 15.1. The van der Waals surface area contributed by atoms with Crippen LogP contribution in [0.2, 0.25) is 0 Å². The molecule has 1 atom stereocenters. The maximum atomic E-state index is 12.0. The van der Waals surface area contributed by atoms with E-state index in [1.807, 2.05) is 0 Å². The van der Waals surface area contributed by atoms with Crippen LogP contribution in [-0.4, -0.2) is 68.4 Å². The maximum Gasteiger partial charge on any atom is 0.409 e. The summed E-state index contributed by atoms with van der Waals surface area (Å²) in [5.74, 6) is 0.0262. The van der Waals surface area contributed by atoms with E-state index in [1.54, 1.807) is 11.8 Å². The molecule has 0 radical (unpaired) electrons. The largest absolute Gasteiger partial charge is 0.450 e. The molecule has 1 unspecified atom stereocenters. The predicted molar refractivity (Wildman–Crippen MR) is 77.0 cm³/mol. The third kappa shape index (κ3) is 5.17. The average Bonchev–Trinajstić information content (AvgIpc) is 2.49. The molecule has 2 rings (SSSR count). The minimum Gasteiger partial charge on any atom is -0.450 e. The van der Waals surface area contributed by atoms with E-state index in [0.29, 0.717) is 32.7 Å². The minimum atomic E-state index is -0.260. The van der Waals surface area contributed by atoms with Crippen LogP contribution >= 0.6 is 0 Å². The highest BCUT2D eigenvalue weighted by atomic mass is 16.6. The quantitative estimate of drug-likeness (QED) is 0.770. The Labute approximate surface area is 125 Å². The van der Waals surface area contributed by atoms with E-state index in [4.69, 9.17) is 9.47 Å². The number of nitrogens with zero attached hydrogens (tertiary/aromatic N) is 1. The summed E-state index contributed by atoms with van der Waals surface area (Å²) >= 11 is 0. The molecule has 2 fully saturated rings. The second-order valence-corrected chi connectivity index (χ2v) is 5.43. The van der Waals surface area contributed by atoms with E-state index < -0.39 is 0 Å². The van der Waals surface area contributed by atoms with Crippen LogP contribution < -0.4 is 10.6 Å². The lowest BCUT2D eigenvalue weighted by Gasteiger charge is -2.32. The van der Waals surface area contributed by atoms with Crippen molar-refractivity contribution in [2.75, 3.05) is 39.4 Å². The molecule has 2 aliphatic rings. The highest BCUT2D eigenvalue weighted by Crippen LogP contribution is 2.12. The van der Waals surface area contributed by atoms with E-state index in [1.165, 1.54) is 0 Å². The van der Waals surface area contributed by atoms with Crippen LogP contribution in [0.1, 0.15) is 26.2 Å². The number of nitrogens with one attached hydrogen (secondary N) is 2. The third-order valence-corrected chi connectivity index (χ3v) is 3.80. The van der Waals surface area contributed by atoms with Crippen molar-refractivity contribution in [3.8, 4) is 0 Å². The molecule has 2 aliphatic heterocycles. The van der Waals surface area contributed by atoms with Crippen LogP contribution in [0.3, 0.4) is 0 Å². The number of carbonyl (C=O) groups is 2. The normalized spacial score (nSPS) is 23.7. The molecule has 0 aromatic heterocycles. The molecular weight excluding hydrogens is 274 g/mol. The highest BCUT2D eigenvalue weighted by Gasteiger charge is 2.25. The van der Waals surface area contributed by atoms with Crippen LogP contribution in [0.5, 0.6) is 0 Å². The molecule has 0 spiro atoms. The van der Waals surface area contributed by atoms with Crippen molar-refractivity contribution in [3.05, 3.63) is 0 Å². The van der Waals surface area contributed by atoms with Crippen molar-refractivity contribution >= 4 is 12.0 Å². The predicted octanol–water partition coefficient (Wildman–Crippen LogP) is 0.102. The Bertz CT molecular complexity index is 350. The Morgan fingerprint density at radius 2 is 2.14 bits per heavy atom. The first kappa shape index (κ1) is 16.0. The SMILES string of the molecule is CCOC(=O)N1CCC(NC(=O)CC2CNCCO2)CC1. The van der Waals surface area contributed by atoms with Gasteiger partial charge in [-0.15, -0.1) is 0 Å². The van der Waals surface area contributed by atoms with Gasteiger partial charge in [-0.3, -0.25) is 4.79 Å². The van der Waals surface area contributed by atoms with Crippen molar-refractivity contribution in [1.82, 2.24) is 15.5 Å². The lowest BCUT2D eigenvalue weighted by atomic mass is 10.0. The van der Waals surface area contributed by atoms with Crippen LogP contribution in [-0.2, 0) is 14.3 Å². The fourth-order valence-electron chi connectivity index (χ4n) is 2.67. The molecule has 0 aromatic carbocycles. The zero-order valence-electron chi connectivity index (χ0n) is 12.6. The van der Waals surface area contributed by atoms with E-state index in [9.17, 15) is 9.59 Å². The Hall–Kier alpha value is -1.34. The number of hydrogen-bond acceptors (Lipinski definition) is 5. The number of amides is 2.